The van der Waals surface area contributed by atoms with Crippen LogP contribution in [0.15, 0.2) is 42.7 Å². The second-order valence-electron chi connectivity index (χ2n) is 5.10. The topological polar surface area (TPSA) is 12.9 Å². The molecular weight excluding hydrogens is 237 g/mol. The highest BCUT2D eigenvalue weighted by atomic mass is 19.1. The summed E-state index contributed by atoms with van der Waals surface area (Å²) >= 11 is 0. The summed E-state index contributed by atoms with van der Waals surface area (Å²) in [5.74, 6) is 1.25. The van der Waals surface area contributed by atoms with Gasteiger partial charge in [-0.2, -0.15) is 0 Å². The second-order valence-corrected chi connectivity index (χ2v) is 5.10. The molecule has 1 radical (unpaired) electrons. The van der Waals surface area contributed by atoms with E-state index in [1.54, 1.807) is 24.5 Å². The summed E-state index contributed by atoms with van der Waals surface area (Å²) in [6.45, 7) is 4.29. The van der Waals surface area contributed by atoms with E-state index in [2.05, 4.69) is 18.8 Å². The Kier molecular flexibility index (Phi) is 4.67. The third-order valence-corrected chi connectivity index (χ3v) is 3.19. The largest absolute Gasteiger partial charge is 0.265 e. The van der Waals surface area contributed by atoms with Gasteiger partial charge in [0.25, 0.3) is 0 Å². The van der Waals surface area contributed by atoms with Crippen LogP contribution in [0.25, 0.3) is 11.1 Å². The Hall–Kier alpha value is -1.70. The Labute approximate surface area is 114 Å². The van der Waals surface area contributed by atoms with Crippen LogP contribution in [-0.4, -0.2) is 4.98 Å². The summed E-state index contributed by atoms with van der Waals surface area (Å²) < 4.78 is 13.5. The van der Waals surface area contributed by atoms with Gasteiger partial charge >= 0.3 is 0 Å². The van der Waals surface area contributed by atoms with Crippen molar-refractivity contribution in [2.75, 3.05) is 0 Å². The van der Waals surface area contributed by atoms with Gasteiger partial charge in [-0.15, -0.1) is 0 Å². The van der Waals surface area contributed by atoms with E-state index < -0.39 is 0 Å². The third-order valence-electron chi connectivity index (χ3n) is 3.19. The number of pyridine rings is 1. The van der Waals surface area contributed by atoms with Crippen molar-refractivity contribution >= 4 is 0 Å². The number of aromatic nitrogens is 1. The number of rotatable bonds is 5. The first kappa shape index (κ1) is 13.7. The van der Waals surface area contributed by atoms with Crippen LogP contribution in [0.1, 0.15) is 32.3 Å². The molecule has 2 heteroatoms. The van der Waals surface area contributed by atoms with Crippen molar-refractivity contribution in [3.8, 4) is 11.1 Å². The first-order valence-electron chi connectivity index (χ1n) is 6.64. The maximum absolute atomic E-state index is 13.5. The first-order valence-corrected chi connectivity index (χ1v) is 6.64. The highest BCUT2D eigenvalue weighted by Crippen LogP contribution is 2.26. The van der Waals surface area contributed by atoms with Crippen LogP contribution in [0.2, 0.25) is 0 Å². The van der Waals surface area contributed by atoms with Gasteiger partial charge in [0.1, 0.15) is 5.82 Å². The fourth-order valence-electron chi connectivity index (χ4n) is 2.20. The first-order chi connectivity index (χ1) is 9.16. The van der Waals surface area contributed by atoms with E-state index in [9.17, 15) is 4.39 Å². The predicted molar refractivity (Wildman–Crippen MR) is 77.2 cm³/mol. The molecule has 2 rings (SSSR count). The van der Waals surface area contributed by atoms with Gasteiger partial charge in [-0.3, -0.25) is 4.98 Å². The van der Waals surface area contributed by atoms with Gasteiger partial charge < -0.3 is 0 Å². The molecule has 0 saturated carbocycles. The summed E-state index contributed by atoms with van der Waals surface area (Å²) in [5.41, 5.74) is 3.21. The molecule has 0 spiro atoms. The minimum atomic E-state index is -0.186. The molecular formula is C17H19FN. The number of halogens is 1. The SMILES string of the molecule is C[C](C)CCCc1ccc(F)cc1-c1ccncc1. The molecule has 1 nitrogen and oxygen atoms in total. The molecule has 1 heterocycles. The minimum absolute atomic E-state index is 0.186. The molecule has 99 valence electrons. The molecule has 0 unspecified atom stereocenters. The number of hydrogen-bond donors (Lipinski definition) is 0. The van der Waals surface area contributed by atoms with Gasteiger partial charge in [0, 0.05) is 12.4 Å². The number of nitrogens with zero attached hydrogens (tertiary/aromatic N) is 1. The molecule has 19 heavy (non-hydrogen) atoms. The standard InChI is InChI=1S/C17H19FN/c1-13(2)4-3-5-14-6-7-16(18)12-17(14)15-8-10-19-11-9-15/h6-12H,3-5H2,1-2H3. The fraction of sp³-hybridized carbons (Fsp3) is 0.294. The molecule has 1 aromatic heterocycles. The van der Waals surface area contributed by atoms with E-state index in [0.717, 1.165) is 30.4 Å². The van der Waals surface area contributed by atoms with E-state index >= 15 is 0 Å². The van der Waals surface area contributed by atoms with Gasteiger partial charge in [0.2, 0.25) is 0 Å². The van der Waals surface area contributed by atoms with Gasteiger partial charge in [0.15, 0.2) is 0 Å². The highest BCUT2D eigenvalue weighted by molar-refractivity contribution is 5.66. The second kappa shape index (κ2) is 6.46. The zero-order chi connectivity index (χ0) is 13.7. The lowest BCUT2D eigenvalue weighted by molar-refractivity contribution is 0.627. The van der Waals surface area contributed by atoms with Crippen molar-refractivity contribution in [1.29, 1.82) is 0 Å². The van der Waals surface area contributed by atoms with E-state index in [0.29, 0.717) is 0 Å². The van der Waals surface area contributed by atoms with Crippen LogP contribution < -0.4 is 0 Å². The maximum atomic E-state index is 13.5. The number of aryl methyl sites for hydroxylation is 1. The Morgan fingerprint density at radius 1 is 1.11 bits per heavy atom. The van der Waals surface area contributed by atoms with Crippen LogP contribution in [0, 0.1) is 11.7 Å². The van der Waals surface area contributed by atoms with Crippen molar-refractivity contribution in [1.82, 2.24) is 4.98 Å². The van der Waals surface area contributed by atoms with E-state index in [-0.39, 0.29) is 5.82 Å². The van der Waals surface area contributed by atoms with Crippen molar-refractivity contribution in [3.05, 3.63) is 60.0 Å². The number of benzene rings is 1. The minimum Gasteiger partial charge on any atom is -0.265 e. The molecule has 0 fully saturated rings. The quantitative estimate of drug-likeness (QED) is 0.747. The lowest BCUT2D eigenvalue weighted by atomic mass is 9.95. The number of hydrogen-bond acceptors (Lipinski definition) is 1. The van der Waals surface area contributed by atoms with Crippen LogP contribution >= 0.6 is 0 Å². The molecule has 0 saturated heterocycles. The molecule has 0 atom stereocenters. The average molecular weight is 256 g/mol. The zero-order valence-electron chi connectivity index (χ0n) is 11.5. The molecule has 0 aliphatic carbocycles. The van der Waals surface area contributed by atoms with Gasteiger partial charge in [-0.25, -0.2) is 4.39 Å². The summed E-state index contributed by atoms with van der Waals surface area (Å²) in [4.78, 5) is 4.01. The van der Waals surface area contributed by atoms with Crippen LogP contribution in [0.4, 0.5) is 4.39 Å². The fourth-order valence-corrected chi connectivity index (χ4v) is 2.20. The van der Waals surface area contributed by atoms with Gasteiger partial charge in [0.05, 0.1) is 0 Å². The molecule has 1 aromatic carbocycles. The lowest BCUT2D eigenvalue weighted by Crippen LogP contribution is -1.94. The van der Waals surface area contributed by atoms with Crippen LogP contribution in [0.5, 0.6) is 0 Å². The molecule has 0 aliphatic rings. The van der Waals surface area contributed by atoms with E-state index in [4.69, 9.17) is 0 Å². The normalized spacial score (nSPS) is 10.9. The van der Waals surface area contributed by atoms with Gasteiger partial charge in [-0.05, 0) is 66.1 Å². The molecule has 0 N–H and O–H groups in total. The van der Waals surface area contributed by atoms with Crippen molar-refractivity contribution in [2.24, 2.45) is 0 Å². The van der Waals surface area contributed by atoms with E-state index in [1.807, 2.05) is 18.2 Å². The van der Waals surface area contributed by atoms with E-state index in [1.165, 1.54) is 11.5 Å². The highest BCUT2D eigenvalue weighted by Gasteiger charge is 2.07. The van der Waals surface area contributed by atoms with Crippen molar-refractivity contribution in [3.63, 3.8) is 0 Å². The lowest BCUT2D eigenvalue weighted by Gasteiger charge is -2.11. The Morgan fingerprint density at radius 2 is 1.84 bits per heavy atom. The maximum Gasteiger partial charge on any atom is 0.123 e. The Morgan fingerprint density at radius 3 is 2.53 bits per heavy atom. The molecule has 0 amide bonds. The summed E-state index contributed by atoms with van der Waals surface area (Å²) in [6, 6.07) is 8.91. The summed E-state index contributed by atoms with van der Waals surface area (Å²) in [6.07, 6.45) is 6.68. The van der Waals surface area contributed by atoms with Gasteiger partial charge in [-0.1, -0.05) is 19.9 Å². The monoisotopic (exact) mass is 256 g/mol. The Bertz CT molecular complexity index is 520. The summed E-state index contributed by atoms with van der Waals surface area (Å²) in [7, 11) is 0. The smallest absolute Gasteiger partial charge is 0.123 e. The van der Waals surface area contributed by atoms with Crippen molar-refractivity contribution < 1.29 is 4.39 Å². The van der Waals surface area contributed by atoms with Crippen LogP contribution in [0.3, 0.4) is 0 Å². The van der Waals surface area contributed by atoms with Crippen LogP contribution in [-0.2, 0) is 6.42 Å². The average Bonchev–Trinajstić information content (AvgIpc) is 2.41. The van der Waals surface area contributed by atoms with Crippen molar-refractivity contribution in [2.45, 2.75) is 33.1 Å². The third kappa shape index (κ3) is 3.88. The molecule has 0 aliphatic heterocycles. The summed E-state index contributed by atoms with van der Waals surface area (Å²) in [5, 5.41) is 0. The zero-order valence-corrected chi connectivity index (χ0v) is 11.5. The Balaban J connectivity index is 2.23. The molecule has 0 bridgehead atoms. The predicted octanol–water partition coefficient (Wildman–Crippen LogP) is 4.82. The molecule has 2 aromatic rings.